The molecule has 16 heavy (non-hydrogen) atoms. The van der Waals surface area contributed by atoms with Crippen molar-refractivity contribution in [1.82, 2.24) is 14.8 Å². The van der Waals surface area contributed by atoms with Crippen molar-refractivity contribution in [1.29, 1.82) is 0 Å². The molecule has 0 atom stereocenters. The number of aromatic nitrogens is 3. The highest BCUT2D eigenvalue weighted by atomic mass is 15.3. The van der Waals surface area contributed by atoms with Gasteiger partial charge in [0.2, 0.25) is 0 Å². The van der Waals surface area contributed by atoms with Crippen molar-refractivity contribution < 1.29 is 0 Å². The maximum Gasteiger partial charge on any atom is 0.148 e. The van der Waals surface area contributed by atoms with Gasteiger partial charge in [0.15, 0.2) is 0 Å². The van der Waals surface area contributed by atoms with E-state index in [4.69, 9.17) is 0 Å². The molecule has 0 fully saturated rings. The molecule has 0 spiro atoms. The second-order valence-electron chi connectivity index (χ2n) is 3.68. The molecule has 0 amide bonds. The summed E-state index contributed by atoms with van der Waals surface area (Å²) in [5.74, 6) is 0.914. The van der Waals surface area contributed by atoms with E-state index in [1.165, 1.54) is 0 Å². The second-order valence-corrected chi connectivity index (χ2v) is 3.68. The van der Waals surface area contributed by atoms with Crippen LogP contribution in [0.3, 0.4) is 0 Å². The van der Waals surface area contributed by atoms with E-state index >= 15 is 0 Å². The summed E-state index contributed by atoms with van der Waals surface area (Å²) in [6, 6.07) is 5.97. The first-order valence-electron chi connectivity index (χ1n) is 5.54. The molecule has 4 nitrogen and oxygen atoms in total. The smallest absolute Gasteiger partial charge is 0.148 e. The summed E-state index contributed by atoms with van der Waals surface area (Å²) in [6.07, 6.45) is 6.73. The highest BCUT2D eigenvalue weighted by Crippen LogP contribution is 2.05. The third-order valence-electron chi connectivity index (χ3n) is 2.29. The van der Waals surface area contributed by atoms with Gasteiger partial charge in [-0.1, -0.05) is 13.0 Å². The molecule has 0 saturated carbocycles. The lowest BCUT2D eigenvalue weighted by atomic mass is 10.3. The summed E-state index contributed by atoms with van der Waals surface area (Å²) in [7, 11) is 0. The average Bonchev–Trinajstić information content (AvgIpc) is 2.76. The quantitative estimate of drug-likeness (QED) is 0.834. The van der Waals surface area contributed by atoms with Gasteiger partial charge in [0, 0.05) is 37.7 Å². The highest BCUT2D eigenvalue weighted by molar-refractivity contribution is 5.33. The Kier molecular flexibility index (Phi) is 3.53. The van der Waals surface area contributed by atoms with Gasteiger partial charge in [-0.05, 0) is 18.1 Å². The van der Waals surface area contributed by atoms with Gasteiger partial charge in [-0.15, -0.1) is 0 Å². The molecular weight excluding hydrogens is 200 g/mol. The van der Waals surface area contributed by atoms with Gasteiger partial charge >= 0.3 is 0 Å². The first-order valence-corrected chi connectivity index (χ1v) is 5.54. The Morgan fingerprint density at radius 2 is 2.31 bits per heavy atom. The Morgan fingerprint density at radius 1 is 1.38 bits per heavy atom. The molecule has 0 aliphatic rings. The predicted molar refractivity (Wildman–Crippen MR) is 64.1 cm³/mol. The van der Waals surface area contributed by atoms with Crippen LogP contribution in [0.1, 0.15) is 18.9 Å². The van der Waals surface area contributed by atoms with Crippen LogP contribution >= 0.6 is 0 Å². The lowest BCUT2D eigenvalue weighted by Crippen LogP contribution is -2.02. The van der Waals surface area contributed by atoms with Crippen molar-refractivity contribution in [2.75, 3.05) is 5.32 Å². The minimum absolute atomic E-state index is 0.761. The molecule has 1 N–H and O–H groups in total. The van der Waals surface area contributed by atoms with Gasteiger partial charge < -0.3 is 5.32 Å². The largest absolute Gasteiger partial charge is 0.364 e. The van der Waals surface area contributed by atoms with Crippen LogP contribution in [0.25, 0.3) is 0 Å². The van der Waals surface area contributed by atoms with Crippen LogP contribution in [-0.2, 0) is 13.1 Å². The maximum absolute atomic E-state index is 4.40. The van der Waals surface area contributed by atoms with Crippen molar-refractivity contribution in [3.63, 3.8) is 0 Å². The van der Waals surface area contributed by atoms with Crippen LogP contribution in [0.15, 0.2) is 36.8 Å². The van der Waals surface area contributed by atoms with Gasteiger partial charge in [-0.25, -0.2) is 0 Å². The van der Waals surface area contributed by atoms with E-state index in [9.17, 15) is 0 Å². The minimum atomic E-state index is 0.761. The molecule has 84 valence electrons. The summed E-state index contributed by atoms with van der Waals surface area (Å²) in [6.45, 7) is 3.87. The molecule has 2 rings (SSSR count). The highest BCUT2D eigenvalue weighted by Gasteiger charge is 1.97. The molecule has 0 radical (unpaired) electrons. The summed E-state index contributed by atoms with van der Waals surface area (Å²) >= 11 is 0. The van der Waals surface area contributed by atoms with Gasteiger partial charge in [-0.2, -0.15) is 5.10 Å². The third-order valence-corrected chi connectivity index (χ3v) is 2.29. The second kappa shape index (κ2) is 5.30. The van der Waals surface area contributed by atoms with Crippen LogP contribution in [0.2, 0.25) is 0 Å². The normalized spacial score (nSPS) is 10.3. The zero-order valence-corrected chi connectivity index (χ0v) is 9.43. The number of pyridine rings is 1. The van der Waals surface area contributed by atoms with Crippen LogP contribution in [-0.4, -0.2) is 14.8 Å². The van der Waals surface area contributed by atoms with E-state index in [2.05, 4.69) is 22.3 Å². The molecule has 0 bridgehead atoms. The van der Waals surface area contributed by atoms with Crippen molar-refractivity contribution in [2.24, 2.45) is 0 Å². The van der Waals surface area contributed by atoms with Crippen molar-refractivity contribution in [2.45, 2.75) is 26.4 Å². The summed E-state index contributed by atoms with van der Waals surface area (Å²) in [5, 5.41) is 7.67. The van der Waals surface area contributed by atoms with Crippen molar-refractivity contribution >= 4 is 5.82 Å². The summed E-state index contributed by atoms with van der Waals surface area (Å²) in [4.78, 5) is 4.07. The molecule has 0 saturated heterocycles. The number of aryl methyl sites for hydroxylation is 1. The monoisotopic (exact) mass is 216 g/mol. The number of hydrogen-bond acceptors (Lipinski definition) is 3. The molecule has 4 heteroatoms. The molecule has 0 aromatic carbocycles. The van der Waals surface area contributed by atoms with Gasteiger partial charge in [0.1, 0.15) is 5.82 Å². The first kappa shape index (κ1) is 10.7. The van der Waals surface area contributed by atoms with E-state index in [-0.39, 0.29) is 0 Å². The molecule has 2 aromatic rings. The van der Waals surface area contributed by atoms with E-state index in [0.29, 0.717) is 0 Å². The van der Waals surface area contributed by atoms with Crippen LogP contribution in [0.4, 0.5) is 5.82 Å². The fourth-order valence-corrected chi connectivity index (χ4v) is 1.50. The molecule has 0 unspecified atom stereocenters. The van der Waals surface area contributed by atoms with E-state index in [1.54, 1.807) is 6.20 Å². The number of nitrogens with zero attached hydrogens (tertiary/aromatic N) is 3. The van der Waals surface area contributed by atoms with Gasteiger partial charge in [0.25, 0.3) is 0 Å². The van der Waals surface area contributed by atoms with E-state index in [0.717, 1.165) is 30.9 Å². The maximum atomic E-state index is 4.40. The van der Waals surface area contributed by atoms with Crippen LogP contribution in [0, 0.1) is 0 Å². The molecule has 2 heterocycles. The van der Waals surface area contributed by atoms with E-state index in [1.807, 2.05) is 35.3 Å². The fraction of sp³-hybridized carbons (Fsp3) is 0.333. The summed E-state index contributed by atoms with van der Waals surface area (Å²) in [5.41, 5.74) is 1.16. The Labute approximate surface area is 95.3 Å². The standard InChI is InChI=1S/C12H16N4/c1-2-7-16-8-5-12(15-16)14-10-11-4-3-6-13-9-11/h3-6,8-9H,2,7,10H2,1H3,(H,14,15). The first-order chi connectivity index (χ1) is 7.88. The average molecular weight is 216 g/mol. The molecular formula is C12H16N4. The number of rotatable bonds is 5. The van der Waals surface area contributed by atoms with Gasteiger partial charge in [-0.3, -0.25) is 9.67 Å². The molecule has 0 aliphatic heterocycles. The zero-order valence-electron chi connectivity index (χ0n) is 9.43. The topological polar surface area (TPSA) is 42.7 Å². The molecule has 2 aromatic heterocycles. The Bertz CT molecular complexity index is 422. The zero-order chi connectivity index (χ0) is 11.2. The third kappa shape index (κ3) is 2.82. The van der Waals surface area contributed by atoms with Crippen molar-refractivity contribution in [3.05, 3.63) is 42.4 Å². The fourth-order valence-electron chi connectivity index (χ4n) is 1.50. The lowest BCUT2D eigenvalue weighted by Gasteiger charge is -2.02. The van der Waals surface area contributed by atoms with Crippen LogP contribution < -0.4 is 5.32 Å². The SMILES string of the molecule is CCCn1ccc(NCc2cccnc2)n1. The Morgan fingerprint density at radius 3 is 3.06 bits per heavy atom. The lowest BCUT2D eigenvalue weighted by molar-refractivity contribution is 0.604. The van der Waals surface area contributed by atoms with Gasteiger partial charge in [0.05, 0.1) is 0 Å². The predicted octanol–water partition coefficient (Wildman–Crippen LogP) is 2.30. The van der Waals surface area contributed by atoms with Crippen molar-refractivity contribution in [3.8, 4) is 0 Å². The molecule has 0 aliphatic carbocycles. The summed E-state index contributed by atoms with van der Waals surface area (Å²) < 4.78 is 1.95. The number of anilines is 1. The number of hydrogen-bond donors (Lipinski definition) is 1. The Hall–Kier alpha value is -1.84. The Balaban J connectivity index is 1.89. The van der Waals surface area contributed by atoms with E-state index < -0.39 is 0 Å². The minimum Gasteiger partial charge on any atom is -0.364 e. The number of nitrogens with one attached hydrogen (secondary N) is 1. The van der Waals surface area contributed by atoms with Crippen LogP contribution in [0.5, 0.6) is 0 Å².